The summed E-state index contributed by atoms with van der Waals surface area (Å²) in [5.74, 6) is -0.323. The summed E-state index contributed by atoms with van der Waals surface area (Å²) in [5.41, 5.74) is 0.898. The minimum absolute atomic E-state index is 0.188. The van der Waals surface area contributed by atoms with E-state index in [1.807, 2.05) is 6.07 Å². The van der Waals surface area contributed by atoms with Gasteiger partial charge in [-0.15, -0.1) is 20.4 Å². The fourth-order valence-corrected chi connectivity index (χ4v) is 2.24. The van der Waals surface area contributed by atoms with E-state index in [2.05, 4.69) is 36.0 Å². The third-order valence-corrected chi connectivity index (χ3v) is 3.59. The maximum atomic E-state index is 11.8. The third-order valence-electron chi connectivity index (χ3n) is 3.59. The molecule has 11 nitrogen and oxygen atoms in total. The van der Waals surface area contributed by atoms with Gasteiger partial charge in [0.05, 0.1) is 0 Å². The van der Waals surface area contributed by atoms with Crippen LogP contribution in [0.2, 0.25) is 0 Å². The third kappa shape index (κ3) is 8.03. The number of pyridine rings is 1. The standard InChI is InChI=1S/C18H25N7O4/c1-11-22-24-16(25-23-11)20-10-12-5-6-13(19-9-12)7-8-14(15(26)27)21-17(28)29-18(2,3)4/h5-6,9,14H,7-8,10H2,1-4H3,(H,21,28)(H,26,27)(H,20,24,25). The van der Waals surface area contributed by atoms with Gasteiger partial charge in [-0.05, 0) is 52.2 Å². The highest BCUT2D eigenvalue weighted by Gasteiger charge is 2.23. The number of carbonyl (C=O) groups is 2. The minimum atomic E-state index is -1.13. The zero-order valence-electron chi connectivity index (χ0n) is 16.8. The number of aliphatic carboxylic acids is 1. The van der Waals surface area contributed by atoms with Crippen molar-refractivity contribution in [1.29, 1.82) is 0 Å². The molecule has 2 aromatic heterocycles. The molecule has 0 saturated carbocycles. The molecule has 0 saturated heterocycles. The van der Waals surface area contributed by atoms with Crippen LogP contribution in [-0.2, 0) is 22.5 Å². The molecule has 0 bridgehead atoms. The molecule has 0 fully saturated rings. The number of amides is 1. The lowest BCUT2D eigenvalue weighted by Gasteiger charge is -2.22. The number of hydrogen-bond acceptors (Lipinski definition) is 9. The lowest BCUT2D eigenvalue weighted by atomic mass is 10.1. The number of carboxylic acid groups (broad SMARTS) is 1. The molecule has 2 heterocycles. The summed E-state index contributed by atoms with van der Waals surface area (Å²) in [6, 6.07) is 2.60. The van der Waals surface area contributed by atoms with Crippen LogP contribution in [0.4, 0.5) is 10.7 Å². The Hall–Kier alpha value is -3.37. The summed E-state index contributed by atoms with van der Waals surface area (Å²) >= 11 is 0. The molecule has 0 radical (unpaired) electrons. The largest absolute Gasteiger partial charge is 0.480 e. The molecule has 3 N–H and O–H groups in total. The number of carbonyl (C=O) groups excluding carboxylic acids is 1. The normalized spacial score (nSPS) is 12.1. The molecule has 0 aliphatic heterocycles. The van der Waals surface area contributed by atoms with E-state index in [0.717, 1.165) is 5.56 Å². The summed E-state index contributed by atoms with van der Waals surface area (Å²) in [7, 11) is 0. The number of carboxylic acids is 1. The van der Waals surface area contributed by atoms with E-state index in [-0.39, 0.29) is 6.42 Å². The van der Waals surface area contributed by atoms with Crippen molar-refractivity contribution in [3.05, 3.63) is 35.4 Å². The van der Waals surface area contributed by atoms with Crippen LogP contribution in [0.3, 0.4) is 0 Å². The Kier molecular flexibility index (Phi) is 7.34. The molecule has 2 rings (SSSR count). The highest BCUT2D eigenvalue weighted by molar-refractivity contribution is 5.80. The van der Waals surface area contributed by atoms with Gasteiger partial charge in [-0.2, -0.15) is 0 Å². The van der Waals surface area contributed by atoms with Crippen molar-refractivity contribution in [2.75, 3.05) is 5.32 Å². The van der Waals surface area contributed by atoms with E-state index in [9.17, 15) is 14.7 Å². The molecule has 156 valence electrons. The molecule has 11 heteroatoms. The quantitative estimate of drug-likeness (QED) is 0.591. The second-order valence-corrected chi connectivity index (χ2v) is 7.36. The van der Waals surface area contributed by atoms with Gasteiger partial charge in [0.25, 0.3) is 5.95 Å². The predicted molar refractivity (Wildman–Crippen MR) is 103 cm³/mol. The van der Waals surface area contributed by atoms with E-state index >= 15 is 0 Å². The van der Waals surface area contributed by atoms with Gasteiger partial charge in [-0.1, -0.05) is 6.07 Å². The molecule has 1 unspecified atom stereocenters. The molecule has 0 spiro atoms. The van der Waals surface area contributed by atoms with Crippen molar-refractivity contribution in [1.82, 2.24) is 30.7 Å². The van der Waals surface area contributed by atoms with Crippen molar-refractivity contribution in [2.45, 2.75) is 58.7 Å². The van der Waals surface area contributed by atoms with Gasteiger partial charge in [0.2, 0.25) is 0 Å². The first-order valence-corrected chi connectivity index (χ1v) is 9.06. The average molecular weight is 403 g/mol. The van der Waals surface area contributed by atoms with Crippen LogP contribution < -0.4 is 10.6 Å². The Bertz CT molecular complexity index is 820. The molecular weight excluding hydrogens is 378 g/mol. The van der Waals surface area contributed by atoms with Crippen LogP contribution in [0.5, 0.6) is 0 Å². The van der Waals surface area contributed by atoms with Gasteiger partial charge in [0.15, 0.2) is 5.82 Å². The Labute approximate surface area is 168 Å². The number of aryl methyl sites for hydroxylation is 2. The van der Waals surface area contributed by atoms with E-state index in [1.54, 1.807) is 40.0 Å². The molecule has 29 heavy (non-hydrogen) atoms. The highest BCUT2D eigenvalue weighted by Crippen LogP contribution is 2.09. The zero-order valence-corrected chi connectivity index (χ0v) is 16.8. The maximum Gasteiger partial charge on any atom is 0.408 e. The van der Waals surface area contributed by atoms with Gasteiger partial charge in [0, 0.05) is 18.4 Å². The second kappa shape index (κ2) is 9.71. The smallest absolute Gasteiger partial charge is 0.408 e. The molecular formula is C18H25N7O4. The fourth-order valence-electron chi connectivity index (χ4n) is 2.24. The number of nitrogens with zero attached hydrogens (tertiary/aromatic N) is 5. The first kappa shape index (κ1) is 21.9. The van der Waals surface area contributed by atoms with Gasteiger partial charge in [-0.3, -0.25) is 4.98 Å². The molecule has 0 aliphatic rings. The topological polar surface area (TPSA) is 152 Å². The number of ether oxygens (including phenoxy) is 1. The van der Waals surface area contributed by atoms with Crippen LogP contribution in [0.25, 0.3) is 0 Å². The highest BCUT2D eigenvalue weighted by atomic mass is 16.6. The molecule has 1 amide bonds. The summed E-state index contributed by atoms with van der Waals surface area (Å²) in [5, 5.41) is 30.0. The van der Waals surface area contributed by atoms with Crippen LogP contribution in [-0.4, -0.2) is 54.2 Å². The summed E-state index contributed by atoms with van der Waals surface area (Å²) < 4.78 is 5.10. The first-order chi connectivity index (χ1) is 13.6. The van der Waals surface area contributed by atoms with Crippen molar-refractivity contribution in [3.63, 3.8) is 0 Å². The van der Waals surface area contributed by atoms with Crippen molar-refractivity contribution >= 4 is 18.0 Å². The number of nitrogens with one attached hydrogen (secondary N) is 2. The number of hydrogen-bond donors (Lipinski definition) is 3. The van der Waals surface area contributed by atoms with Crippen molar-refractivity contribution < 1.29 is 19.4 Å². The Morgan fingerprint density at radius 3 is 2.41 bits per heavy atom. The SMILES string of the molecule is Cc1nnc(NCc2ccc(CCC(NC(=O)OC(C)(C)C)C(=O)O)nc2)nn1. The van der Waals surface area contributed by atoms with Crippen LogP contribution >= 0.6 is 0 Å². The fraction of sp³-hybridized carbons (Fsp3) is 0.500. The van der Waals surface area contributed by atoms with Crippen molar-refractivity contribution in [2.24, 2.45) is 0 Å². The monoisotopic (exact) mass is 403 g/mol. The summed E-state index contributed by atoms with van der Waals surface area (Å²) in [6.07, 6.45) is 1.49. The van der Waals surface area contributed by atoms with E-state index < -0.39 is 23.7 Å². The minimum Gasteiger partial charge on any atom is -0.480 e. The number of rotatable bonds is 8. The summed E-state index contributed by atoms with van der Waals surface area (Å²) in [4.78, 5) is 27.5. The lowest BCUT2D eigenvalue weighted by Crippen LogP contribution is -2.43. The van der Waals surface area contributed by atoms with Crippen LogP contribution in [0, 0.1) is 6.92 Å². The molecule has 0 aliphatic carbocycles. The molecule has 0 aromatic carbocycles. The van der Waals surface area contributed by atoms with Gasteiger partial charge < -0.3 is 20.5 Å². The number of aromatic nitrogens is 5. The molecule has 1 atom stereocenters. The average Bonchev–Trinajstić information content (AvgIpc) is 2.64. The van der Waals surface area contributed by atoms with E-state index in [4.69, 9.17) is 4.74 Å². The van der Waals surface area contributed by atoms with Crippen LogP contribution in [0.1, 0.15) is 44.3 Å². The van der Waals surface area contributed by atoms with Gasteiger partial charge >= 0.3 is 12.1 Å². The van der Waals surface area contributed by atoms with Crippen molar-refractivity contribution in [3.8, 4) is 0 Å². The van der Waals surface area contributed by atoms with Gasteiger partial charge in [-0.25, -0.2) is 9.59 Å². The zero-order chi connectivity index (χ0) is 21.4. The lowest BCUT2D eigenvalue weighted by molar-refractivity contribution is -0.139. The van der Waals surface area contributed by atoms with E-state index in [0.29, 0.717) is 30.4 Å². The predicted octanol–water partition coefficient (Wildman–Crippen LogP) is 1.49. The van der Waals surface area contributed by atoms with E-state index in [1.165, 1.54) is 0 Å². The second-order valence-electron chi connectivity index (χ2n) is 7.36. The Morgan fingerprint density at radius 2 is 1.86 bits per heavy atom. The van der Waals surface area contributed by atoms with Gasteiger partial charge in [0.1, 0.15) is 11.6 Å². The van der Waals surface area contributed by atoms with Crippen LogP contribution in [0.15, 0.2) is 18.3 Å². The first-order valence-electron chi connectivity index (χ1n) is 9.06. The Balaban J connectivity index is 1.84. The Morgan fingerprint density at radius 1 is 1.17 bits per heavy atom. The summed E-state index contributed by atoms with van der Waals surface area (Å²) in [6.45, 7) is 7.27. The number of anilines is 1. The maximum absolute atomic E-state index is 11.8. The molecule has 2 aromatic rings. The number of alkyl carbamates (subject to hydrolysis) is 1.